The fourth-order valence-corrected chi connectivity index (χ4v) is 2.20. The number of nitrogens with one attached hydrogen (secondary N) is 1. The van der Waals surface area contributed by atoms with Crippen LogP contribution in [0.3, 0.4) is 0 Å². The summed E-state index contributed by atoms with van der Waals surface area (Å²) in [6.07, 6.45) is 3.12. The molecule has 0 radical (unpaired) electrons. The van der Waals surface area contributed by atoms with Gasteiger partial charge in [0.25, 0.3) is 0 Å². The molecule has 1 aliphatic heterocycles. The fraction of sp³-hybridized carbons (Fsp3) is 0.750. The van der Waals surface area contributed by atoms with E-state index in [2.05, 4.69) is 39.9 Å². The number of aromatic nitrogens is 2. The van der Waals surface area contributed by atoms with Crippen molar-refractivity contribution in [2.75, 3.05) is 19.6 Å². The van der Waals surface area contributed by atoms with Crippen LogP contribution in [0.4, 0.5) is 0 Å². The van der Waals surface area contributed by atoms with E-state index in [0.29, 0.717) is 0 Å². The molecule has 1 N–H and O–H groups in total. The first-order valence-corrected chi connectivity index (χ1v) is 6.30. The molecular weight excluding hydrogens is 200 g/mol. The second kappa shape index (κ2) is 5.46. The average Bonchev–Trinajstić information content (AvgIpc) is 2.63. The van der Waals surface area contributed by atoms with Crippen molar-refractivity contribution in [3.8, 4) is 0 Å². The van der Waals surface area contributed by atoms with Crippen LogP contribution < -0.4 is 5.32 Å². The normalized spacial score (nSPS) is 16.7. The van der Waals surface area contributed by atoms with Gasteiger partial charge in [0.2, 0.25) is 0 Å². The van der Waals surface area contributed by atoms with Crippen LogP contribution >= 0.6 is 0 Å². The highest BCUT2D eigenvalue weighted by Gasteiger charge is 2.24. The van der Waals surface area contributed by atoms with Crippen molar-refractivity contribution in [2.24, 2.45) is 0 Å². The third-order valence-corrected chi connectivity index (χ3v) is 3.26. The van der Waals surface area contributed by atoms with Crippen LogP contribution in [0.1, 0.15) is 26.0 Å². The van der Waals surface area contributed by atoms with Gasteiger partial charge < -0.3 is 5.32 Å². The Morgan fingerprint density at radius 2 is 2.31 bits per heavy atom. The summed E-state index contributed by atoms with van der Waals surface area (Å²) in [6, 6.07) is 2.86. The lowest BCUT2D eigenvalue weighted by atomic mass is 10.1. The lowest BCUT2D eigenvalue weighted by molar-refractivity contribution is 0.134. The Labute approximate surface area is 97.6 Å². The highest BCUT2D eigenvalue weighted by Crippen LogP contribution is 2.11. The summed E-state index contributed by atoms with van der Waals surface area (Å²) in [7, 11) is 0. The highest BCUT2D eigenvalue weighted by atomic mass is 15.3. The van der Waals surface area contributed by atoms with Crippen LogP contribution in [0.25, 0.3) is 0 Å². The second-order valence-corrected chi connectivity index (χ2v) is 4.42. The Kier molecular flexibility index (Phi) is 3.96. The fourth-order valence-electron chi connectivity index (χ4n) is 2.20. The zero-order valence-electron chi connectivity index (χ0n) is 10.3. The standard InChI is InChI=1S/C12H22N4/c1-3-7-15(12-8-13-9-12)10-11-5-6-14-16(11)4-2/h5-6,12-13H,3-4,7-10H2,1-2H3. The van der Waals surface area contributed by atoms with Gasteiger partial charge in [0, 0.05) is 38.4 Å². The molecule has 4 nitrogen and oxygen atoms in total. The number of hydrogen-bond acceptors (Lipinski definition) is 3. The molecule has 0 amide bonds. The molecule has 1 saturated heterocycles. The van der Waals surface area contributed by atoms with Crippen LogP contribution in [0.15, 0.2) is 12.3 Å². The van der Waals surface area contributed by atoms with Gasteiger partial charge in [-0.3, -0.25) is 9.58 Å². The molecule has 0 unspecified atom stereocenters. The Bertz CT molecular complexity index is 317. The van der Waals surface area contributed by atoms with E-state index in [1.807, 2.05) is 6.20 Å². The lowest BCUT2D eigenvalue weighted by Crippen LogP contribution is -2.57. The first kappa shape index (κ1) is 11.6. The second-order valence-electron chi connectivity index (χ2n) is 4.42. The Balaban J connectivity index is 1.98. The molecule has 1 aromatic rings. The van der Waals surface area contributed by atoms with Gasteiger partial charge in [-0.2, -0.15) is 5.10 Å². The van der Waals surface area contributed by atoms with E-state index in [1.54, 1.807) is 0 Å². The minimum atomic E-state index is 0.722. The van der Waals surface area contributed by atoms with Gasteiger partial charge in [-0.1, -0.05) is 6.92 Å². The Morgan fingerprint density at radius 1 is 1.50 bits per heavy atom. The van der Waals surface area contributed by atoms with Gasteiger partial charge in [0.15, 0.2) is 0 Å². The van der Waals surface area contributed by atoms with Gasteiger partial charge in [0.05, 0.1) is 5.69 Å². The van der Waals surface area contributed by atoms with Crippen LogP contribution in [0, 0.1) is 0 Å². The Hall–Kier alpha value is -0.870. The summed E-state index contributed by atoms with van der Waals surface area (Å²) in [4.78, 5) is 2.57. The molecule has 0 aliphatic carbocycles. The van der Waals surface area contributed by atoms with E-state index in [9.17, 15) is 0 Å². The van der Waals surface area contributed by atoms with Gasteiger partial charge in [-0.05, 0) is 26.0 Å². The molecule has 1 aromatic heterocycles. The first-order chi connectivity index (χ1) is 7.85. The predicted octanol–water partition coefficient (Wildman–Crippen LogP) is 1.09. The summed E-state index contributed by atoms with van der Waals surface area (Å²) in [5.74, 6) is 0. The molecule has 0 bridgehead atoms. The molecule has 0 spiro atoms. The average molecular weight is 222 g/mol. The van der Waals surface area contributed by atoms with E-state index in [-0.39, 0.29) is 0 Å². The van der Waals surface area contributed by atoms with Gasteiger partial charge in [-0.25, -0.2) is 0 Å². The summed E-state index contributed by atoms with van der Waals surface area (Å²) >= 11 is 0. The van der Waals surface area contributed by atoms with E-state index in [1.165, 1.54) is 18.7 Å². The van der Waals surface area contributed by atoms with Crippen molar-refractivity contribution in [1.29, 1.82) is 0 Å². The largest absolute Gasteiger partial charge is 0.314 e. The third kappa shape index (κ3) is 2.44. The predicted molar refractivity (Wildman–Crippen MR) is 65.3 cm³/mol. The minimum Gasteiger partial charge on any atom is -0.314 e. The third-order valence-electron chi connectivity index (χ3n) is 3.26. The number of nitrogens with zero attached hydrogens (tertiary/aromatic N) is 3. The Morgan fingerprint density at radius 3 is 2.88 bits per heavy atom. The smallest absolute Gasteiger partial charge is 0.0524 e. The van der Waals surface area contributed by atoms with Crippen molar-refractivity contribution in [3.05, 3.63) is 18.0 Å². The zero-order chi connectivity index (χ0) is 11.4. The van der Waals surface area contributed by atoms with Crippen molar-refractivity contribution in [3.63, 3.8) is 0 Å². The van der Waals surface area contributed by atoms with Crippen molar-refractivity contribution >= 4 is 0 Å². The monoisotopic (exact) mass is 222 g/mol. The SMILES string of the molecule is CCCN(Cc1ccnn1CC)C1CNC1. The maximum Gasteiger partial charge on any atom is 0.0524 e. The van der Waals surface area contributed by atoms with Crippen LogP contribution in [0.2, 0.25) is 0 Å². The molecule has 0 atom stereocenters. The van der Waals surface area contributed by atoms with E-state index in [0.717, 1.165) is 32.2 Å². The minimum absolute atomic E-state index is 0.722. The molecule has 1 fully saturated rings. The van der Waals surface area contributed by atoms with Gasteiger partial charge >= 0.3 is 0 Å². The molecule has 16 heavy (non-hydrogen) atoms. The number of rotatable bonds is 6. The van der Waals surface area contributed by atoms with E-state index < -0.39 is 0 Å². The summed E-state index contributed by atoms with van der Waals surface area (Å²) < 4.78 is 2.09. The van der Waals surface area contributed by atoms with Crippen molar-refractivity contribution in [2.45, 2.75) is 39.4 Å². The maximum absolute atomic E-state index is 4.33. The van der Waals surface area contributed by atoms with Crippen LogP contribution in [-0.4, -0.2) is 40.4 Å². The van der Waals surface area contributed by atoms with Gasteiger partial charge in [0.1, 0.15) is 0 Å². The van der Waals surface area contributed by atoms with Crippen molar-refractivity contribution < 1.29 is 0 Å². The molecular formula is C12H22N4. The first-order valence-electron chi connectivity index (χ1n) is 6.30. The molecule has 2 heterocycles. The molecule has 0 aromatic carbocycles. The van der Waals surface area contributed by atoms with E-state index >= 15 is 0 Å². The zero-order valence-corrected chi connectivity index (χ0v) is 10.3. The summed E-state index contributed by atoms with van der Waals surface area (Å²) in [5, 5.41) is 7.67. The quantitative estimate of drug-likeness (QED) is 0.782. The maximum atomic E-state index is 4.33. The molecule has 1 aliphatic rings. The topological polar surface area (TPSA) is 33.1 Å². The van der Waals surface area contributed by atoms with Crippen molar-refractivity contribution in [1.82, 2.24) is 20.0 Å². The van der Waals surface area contributed by atoms with E-state index in [4.69, 9.17) is 0 Å². The number of aryl methyl sites for hydroxylation is 1. The summed E-state index contributed by atoms with van der Waals surface area (Å²) in [5.41, 5.74) is 1.34. The molecule has 0 saturated carbocycles. The highest BCUT2D eigenvalue weighted by molar-refractivity contribution is 5.01. The number of hydrogen-bond donors (Lipinski definition) is 1. The molecule has 2 rings (SSSR count). The van der Waals surface area contributed by atoms with Crippen LogP contribution in [-0.2, 0) is 13.1 Å². The van der Waals surface area contributed by atoms with Crippen LogP contribution in [0.5, 0.6) is 0 Å². The summed E-state index contributed by atoms with van der Waals surface area (Å²) in [6.45, 7) is 9.85. The van der Waals surface area contributed by atoms with Gasteiger partial charge in [-0.15, -0.1) is 0 Å². The lowest BCUT2D eigenvalue weighted by Gasteiger charge is -2.38. The molecule has 4 heteroatoms. The molecule has 90 valence electrons.